The van der Waals surface area contributed by atoms with Crippen LogP contribution in [0.5, 0.6) is 0 Å². The van der Waals surface area contributed by atoms with Gasteiger partial charge in [0.25, 0.3) is 5.91 Å². The summed E-state index contributed by atoms with van der Waals surface area (Å²) >= 11 is 5.84. The zero-order valence-corrected chi connectivity index (χ0v) is 15.4. The third kappa shape index (κ3) is 5.33. The lowest BCUT2D eigenvalue weighted by molar-refractivity contribution is -0.124. The monoisotopic (exact) mass is 358 g/mol. The summed E-state index contributed by atoms with van der Waals surface area (Å²) in [5.41, 5.74) is 1.49. The van der Waals surface area contributed by atoms with Crippen LogP contribution >= 0.6 is 11.6 Å². The lowest BCUT2D eigenvalue weighted by Gasteiger charge is -2.24. The van der Waals surface area contributed by atoms with Gasteiger partial charge in [-0.3, -0.25) is 9.59 Å². The van der Waals surface area contributed by atoms with Crippen molar-refractivity contribution in [1.29, 1.82) is 0 Å². The van der Waals surface area contributed by atoms with Crippen LogP contribution in [0.3, 0.4) is 0 Å². The van der Waals surface area contributed by atoms with Crippen molar-refractivity contribution in [3.8, 4) is 0 Å². The first-order chi connectivity index (χ1) is 11.9. The Morgan fingerprint density at radius 2 is 1.48 bits per heavy atom. The van der Waals surface area contributed by atoms with Gasteiger partial charge >= 0.3 is 0 Å². The predicted molar refractivity (Wildman–Crippen MR) is 101 cm³/mol. The van der Waals surface area contributed by atoms with Crippen molar-refractivity contribution in [3.05, 3.63) is 70.7 Å². The van der Waals surface area contributed by atoms with Gasteiger partial charge in [0.1, 0.15) is 6.04 Å². The number of amides is 2. The average molecular weight is 359 g/mol. The van der Waals surface area contributed by atoms with Gasteiger partial charge in [0, 0.05) is 10.6 Å². The van der Waals surface area contributed by atoms with Gasteiger partial charge in [-0.1, -0.05) is 55.8 Å². The second-order valence-corrected chi connectivity index (χ2v) is 6.78. The highest BCUT2D eigenvalue weighted by Crippen LogP contribution is 2.14. The molecule has 2 aromatic rings. The minimum Gasteiger partial charge on any atom is -0.348 e. The first kappa shape index (κ1) is 19.0. The predicted octanol–water partition coefficient (Wildman–Crippen LogP) is 3.97. The number of hydrogen-bond acceptors (Lipinski definition) is 2. The molecule has 0 aromatic heterocycles. The molecule has 2 amide bonds. The van der Waals surface area contributed by atoms with Gasteiger partial charge in [0.15, 0.2) is 0 Å². The van der Waals surface area contributed by atoms with Crippen molar-refractivity contribution < 1.29 is 9.59 Å². The smallest absolute Gasteiger partial charge is 0.251 e. The molecule has 2 aromatic carbocycles. The van der Waals surface area contributed by atoms with E-state index in [4.69, 9.17) is 11.6 Å². The maximum Gasteiger partial charge on any atom is 0.251 e. The average Bonchev–Trinajstić information content (AvgIpc) is 2.60. The standard InChI is InChI=1S/C20H23ClN2O2/c1-13(2)18(23-19(24)16-9-11-17(21)12-10-16)20(25)22-14(3)15-7-5-4-6-8-15/h4-14,18H,1-3H3,(H,22,25)(H,23,24). The Balaban J connectivity index is 2.05. The number of carbonyl (C=O) groups excluding carboxylic acids is 2. The number of hydrogen-bond donors (Lipinski definition) is 2. The van der Waals surface area contributed by atoms with Gasteiger partial charge in [-0.2, -0.15) is 0 Å². The Hall–Kier alpha value is -2.33. The summed E-state index contributed by atoms with van der Waals surface area (Å²) in [6, 6.07) is 15.5. The van der Waals surface area contributed by atoms with Gasteiger partial charge in [-0.05, 0) is 42.7 Å². The van der Waals surface area contributed by atoms with Crippen molar-refractivity contribution in [2.45, 2.75) is 32.9 Å². The van der Waals surface area contributed by atoms with Crippen LogP contribution < -0.4 is 10.6 Å². The zero-order chi connectivity index (χ0) is 18.4. The molecule has 0 saturated carbocycles. The fraction of sp³-hybridized carbons (Fsp3) is 0.300. The first-order valence-electron chi connectivity index (χ1n) is 8.30. The molecular weight excluding hydrogens is 336 g/mol. The molecule has 0 radical (unpaired) electrons. The number of halogens is 1. The van der Waals surface area contributed by atoms with Crippen molar-refractivity contribution in [3.63, 3.8) is 0 Å². The Morgan fingerprint density at radius 3 is 2.04 bits per heavy atom. The van der Waals surface area contributed by atoms with Crippen LogP contribution in [0.4, 0.5) is 0 Å². The Morgan fingerprint density at radius 1 is 0.880 bits per heavy atom. The van der Waals surface area contributed by atoms with Crippen LogP contribution in [0.2, 0.25) is 5.02 Å². The largest absolute Gasteiger partial charge is 0.348 e. The maximum absolute atomic E-state index is 12.6. The Bertz CT molecular complexity index is 714. The summed E-state index contributed by atoms with van der Waals surface area (Å²) in [7, 11) is 0. The van der Waals surface area contributed by atoms with Gasteiger partial charge < -0.3 is 10.6 Å². The number of carbonyl (C=O) groups is 2. The summed E-state index contributed by atoms with van der Waals surface area (Å²) in [5, 5.41) is 6.34. The highest BCUT2D eigenvalue weighted by Gasteiger charge is 2.25. The fourth-order valence-electron chi connectivity index (χ4n) is 2.49. The number of rotatable bonds is 6. The second kappa shape index (κ2) is 8.67. The van der Waals surface area contributed by atoms with Crippen LogP contribution in [0, 0.1) is 5.92 Å². The summed E-state index contributed by atoms with van der Waals surface area (Å²) in [6.45, 7) is 5.73. The minimum atomic E-state index is -0.616. The van der Waals surface area contributed by atoms with Gasteiger partial charge in [-0.25, -0.2) is 0 Å². The number of nitrogens with one attached hydrogen (secondary N) is 2. The summed E-state index contributed by atoms with van der Waals surface area (Å²) < 4.78 is 0. The van der Waals surface area contributed by atoms with Gasteiger partial charge in [0.2, 0.25) is 5.91 Å². The molecule has 4 nitrogen and oxygen atoms in total. The first-order valence-corrected chi connectivity index (χ1v) is 8.68. The molecule has 5 heteroatoms. The SMILES string of the molecule is CC(NC(=O)C(NC(=O)c1ccc(Cl)cc1)C(C)C)c1ccccc1. The van der Waals surface area contributed by atoms with E-state index in [-0.39, 0.29) is 23.8 Å². The van der Waals surface area contributed by atoms with Gasteiger partial charge in [0.05, 0.1) is 6.04 Å². The van der Waals surface area contributed by atoms with Crippen molar-refractivity contribution in [2.24, 2.45) is 5.92 Å². The van der Waals surface area contributed by atoms with Crippen LogP contribution in [0.25, 0.3) is 0 Å². The molecular formula is C20H23ClN2O2. The number of benzene rings is 2. The van der Waals surface area contributed by atoms with Crippen molar-refractivity contribution >= 4 is 23.4 Å². The van der Waals surface area contributed by atoms with Crippen molar-refractivity contribution in [1.82, 2.24) is 10.6 Å². The van der Waals surface area contributed by atoms with Crippen LogP contribution in [-0.2, 0) is 4.79 Å². The topological polar surface area (TPSA) is 58.2 Å². The molecule has 2 atom stereocenters. The summed E-state index contributed by atoms with van der Waals surface area (Å²) in [4.78, 5) is 25.0. The second-order valence-electron chi connectivity index (χ2n) is 6.34. The van der Waals surface area contributed by atoms with E-state index in [1.165, 1.54) is 0 Å². The molecule has 2 N–H and O–H groups in total. The van der Waals surface area contributed by atoms with Crippen LogP contribution in [0.1, 0.15) is 42.7 Å². The highest BCUT2D eigenvalue weighted by atomic mass is 35.5. The molecule has 0 saturated heterocycles. The van der Waals surface area contributed by atoms with Gasteiger partial charge in [-0.15, -0.1) is 0 Å². The fourth-order valence-corrected chi connectivity index (χ4v) is 2.61. The van der Waals surface area contributed by atoms with E-state index in [0.717, 1.165) is 5.56 Å². The third-order valence-corrected chi connectivity index (χ3v) is 4.25. The summed E-state index contributed by atoms with van der Waals surface area (Å²) in [5.74, 6) is -0.536. The third-order valence-electron chi connectivity index (χ3n) is 4.00. The van der Waals surface area contributed by atoms with E-state index in [1.807, 2.05) is 51.1 Å². The molecule has 0 aliphatic carbocycles. The van der Waals surface area contributed by atoms with E-state index < -0.39 is 6.04 Å². The quantitative estimate of drug-likeness (QED) is 0.820. The summed E-state index contributed by atoms with van der Waals surface area (Å²) in [6.07, 6.45) is 0. The van der Waals surface area contributed by atoms with Crippen LogP contribution in [-0.4, -0.2) is 17.9 Å². The van der Waals surface area contributed by atoms with Crippen LogP contribution in [0.15, 0.2) is 54.6 Å². The molecule has 0 fully saturated rings. The molecule has 0 bridgehead atoms. The Kier molecular flexibility index (Phi) is 6.59. The van der Waals surface area contributed by atoms with E-state index in [2.05, 4.69) is 10.6 Å². The maximum atomic E-state index is 12.6. The lowest BCUT2D eigenvalue weighted by Crippen LogP contribution is -2.50. The van der Waals surface area contributed by atoms with E-state index in [1.54, 1.807) is 24.3 Å². The Labute approximate surface area is 153 Å². The molecule has 2 rings (SSSR count). The lowest BCUT2D eigenvalue weighted by atomic mass is 10.0. The molecule has 0 aliphatic rings. The molecule has 0 aliphatic heterocycles. The normalized spacial score (nSPS) is 13.2. The molecule has 0 heterocycles. The molecule has 2 unspecified atom stereocenters. The molecule has 0 spiro atoms. The van der Waals surface area contributed by atoms with E-state index >= 15 is 0 Å². The van der Waals surface area contributed by atoms with Crippen molar-refractivity contribution in [2.75, 3.05) is 0 Å². The molecule has 132 valence electrons. The van der Waals surface area contributed by atoms with E-state index in [0.29, 0.717) is 10.6 Å². The molecule has 25 heavy (non-hydrogen) atoms. The minimum absolute atomic E-state index is 0.0424. The van der Waals surface area contributed by atoms with E-state index in [9.17, 15) is 9.59 Å². The highest BCUT2D eigenvalue weighted by molar-refractivity contribution is 6.30. The zero-order valence-electron chi connectivity index (χ0n) is 14.6.